The summed E-state index contributed by atoms with van der Waals surface area (Å²) in [5.41, 5.74) is 5.49. The molecule has 2 heterocycles. The Labute approximate surface area is 137 Å². The molecule has 0 saturated carbocycles. The average Bonchev–Trinajstić information content (AvgIpc) is 2.71. The van der Waals surface area contributed by atoms with Crippen molar-refractivity contribution < 1.29 is 4.79 Å². The summed E-state index contributed by atoms with van der Waals surface area (Å²) >= 11 is 3.54. The molecular weight excluding hydrogens is 340 g/mol. The summed E-state index contributed by atoms with van der Waals surface area (Å²) in [5.74, 6) is 0.124. The van der Waals surface area contributed by atoms with E-state index in [0.717, 1.165) is 37.9 Å². The Morgan fingerprint density at radius 3 is 2.68 bits per heavy atom. The number of halogens is 1. The monoisotopic (exact) mass is 354 g/mol. The smallest absolute Gasteiger partial charge is 0.231 e. The third-order valence-corrected chi connectivity index (χ3v) is 4.98. The SMILES string of the molecule is CN1C(=O)Cc2c(n(C)c3ccc(Br)cc23)-c2ccccc21. The van der Waals surface area contributed by atoms with Crippen LogP contribution in [0.2, 0.25) is 0 Å². The molecule has 1 amide bonds. The van der Waals surface area contributed by atoms with E-state index in [0.29, 0.717) is 6.42 Å². The lowest BCUT2D eigenvalue weighted by atomic mass is 10.0. The van der Waals surface area contributed by atoms with Gasteiger partial charge in [0.15, 0.2) is 0 Å². The van der Waals surface area contributed by atoms with Gasteiger partial charge in [0.25, 0.3) is 0 Å². The first kappa shape index (κ1) is 13.6. The zero-order valence-electron chi connectivity index (χ0n) is 12.4. The number of rotatable bonds is 0. The molecule has 0 aliphatic carbocycles. The van der Waals surface area contributed by atoms with Gasteiger partial charge in [0.1, 0.15) is 0 Å². The summed E-state index contributed by atoms with van der Waals surface area (Å²) < 4.78 is 3.23. The summed E-state index contributed by atoms with van der Waals surface area (Å²) in [7, 11) is 3.92. The van der Waals surface area contributed by atoms with Gasteiger partial charge in [-0.1, -0.05) is 34.1 Å². The zero-order valence-corrected chi connectivity index (χ0v) is 14.0. The van der Waals surface area contributed by atoms with Crippen molar-refractivity contribution in [3.63, 3.8) is 0 Å². The van der Waals surface area contributed by atoms with E-state index in [1.165, 1.54) is 0 Å². The lowest BCUT2D eigenvalue weighted by Crippen LogP contribution is -2.26. The molecule has 0 saturated heterocycles. The van der Waals surface area contributed by atoms with Crippen molar-refractivity contribution >= 4 is 38.4 Å². The van der Waals surface area contributed by atoms with E-state index in [1.807, 2.05) is 31.3 Å². The number of hydrogen-bond acceptors (Lipinski definition) is 1. The molecule has 0 radical (unpaired) electrons. The van der Waals surface area contributed by atoms with Crippen LogP contribution in [0.4, 0.5) is 5.69 Å². The highest BCUT2D eigenvalue weighted by Crippen LogP contribution is 2.41. The first-order valence-electron chi connectivity index (χ1n) is 7.20. The van der Waals surface area contributed by atoms with Crippen LogP contribution in [0.1, 0.15) is 5.56 Å². The molecule has 3 aromatic rings. The van der Waals surface area contributed by atoms with E-state index >= 15 is 0 Å². The van der Waals surface area contributed by atoms with Gasteiger partial charge < -0.3 is 9.47 Å². The Kier molecular flexibility index (Phi) is 2.91. The summed E-state index contributed by atoms with van der Waals surface area (Å²) in [6, 6.07) is 14.4. The van der Waals surface area contributed by atoms with Gasteiger partial charge in [-0.05, 0) is 29.8 Å². The van der Waals surface area contributed by atoms with E-state index in [-0.39, 0.29) is 5.91 Å². The largest absolute Gasteiger partial charge is 0.343 e. The van der Waals surface area contributed by atoms with Crippen LogP contribution in [-0.4, -0.2) is 17.5 Å². The van der Waals surface area contributed by atoms with Crippen molar-refractivity contribution in [2.24, 2.45) is 7.05 Å². The molecular formula is C18H15BrN2O. The number of aromatic nitrogens is 1. The third-order valence-electron chi connectivity index (χ3n) is 4.49. The van der Waals surface area contributed by atoms with Gasteiger partial charge in [-0.15, -0.1) is 0 Å². The van der Waals surface area contributed by atoms with Crippen molar-refractivity contribution in [1.29, 1.82) is 0 Å². The first-order valence-corrected chi connectivity index (χ1v) is 8.00. The Morgan fingerprint density at radius 2 is 1.86 bits per heavy atom. The minimum absolute atomic E-state index is 0.124. The van der Waals surface area contributed by atoms with E-state index < -0.39 is 0 Å². The van der Waals surface area contributed by atoms with E-state index in [4.69, 9.17) is 0 Å². The van der Waals surface area contributed by atoms with Gasteiger partial charge in [0.05, 0.1) is 17.8 Å². The number of likely N-dealkylation sites (N-methyl/N-ethyl adjacent to an activating group) is 1. The molecule has 0 atom stereocenters. The fourth-order valence-corrected chi connectivity index (χ4v) is 3.75. The Bertz CT molecular complexity index is 926. The highest BCUT2D eigenvalue weighted by molar-refractivity contribution is 9.10. The minimum atomic E-state index is 0.124. The van der Waals surface area contributed by atoms with Crippen LogP contribution in [0.3, 0.4) is 0 Å². The molecule has 0 unspecified atom stereocenters. The van der Waals surface area contributed by atoms with Gasteiger partial charge in [-0.2, -0.15) is 0 Å². The van der Waals surface area contributed by atoms with Crippen LogP contribution >= 0.6 is 15.9 Å². The Balaban J connectivity index is 2.17. The van der Waals surface area contributed by atoms with Crippen LogP contribution < -0.4 is 4.90 Å². The number of nitrogens with zero attached hydrogens (tertiary/aromatic N) is 2. The molecule has 1 aliphatic heterocycles. The second-order valence-corrected chi connectivity index (χ2v) is 6.61. The van der Waals surface area contributed by atoms with Crippen LogP contribution in [0.25, 0.3) is 22.2 Å². The molecule has 3 nitrogen and oxygen atoms in total. The molecule has 110 valence electrons. The number of anilines is 1. The number of amides is 1. The normalized spacial score (nSPS) is 14.0. The van der Waals surface area contributed by atoms with Crippen LogP contribution in [0.15, 0.2) is 46.9 Å². The molecule has 1 aromatic heterocycles. The van der Waals surface area contributed by atoms with Gasteiger partial charge in [0.2, 0.25) is 5.91 Å². The number of fused-ring (bicyclic) bond motifs is 5. The second-order valence-electron chi connectivity index (χ2n) is 5.69. The minimum Gasteiger partial charge on any atom is -0.343 e. The molecule has 22 heavy (non-hydrogen) atoms. The van der Waals surface area contributed by atoms with Crippen molar-refractivity contribution in [2.75, 3.05) is 11.9 Å². The van der Waals surface area contributed by atoms with Crippen molar-refractivity contribution in [2.45, 2.75) is 6.42 Å². The van der Waals surface area contributed by atoms with Gasteiger partial charge in [0, 0.05) is 35.0 Å². The van der Waals surface area contributed by atoms with Gasteiger partial charge in [-0.25, -0.2) is 0 Å². The van der Waals surface area contributed by atoms with Crippen LogP contribution in [-0.2, 0) is 18.3 Å². The molecule has 4 rings (SSSR count). The fraction of sp³-hybridized carbons (Fsp3) is 0.167. The lowest BCUT2D eigenvalue weighted by molar-refractivity contribution is -0.117. The summed E-state index contributed by atoms with van der Waals surface area (Å²) in [6.45, 7) is 0. The molecule has 2 aromatic carbocycles. The van der Waals surface area contributed by atoms with Crippen molar-refractivity contribution in [3.8, 4) is 11.3 Å². The van der Waals surface area contributed by atoms with Crippen molar-refractivity contribution in [1.82, 2.24) is 4.57 Å². The number of para-hydroxylation sites is 1. The molecule has 4 heteroatoms. The molecule has 0 fully saturated rings. The van der Waals surface area contributed by atoms with E-state index in [9.17, 15) is 4.79 Å². The summed E-state index contributed by atoms with van der Waals surface area (Å²) in [4.78, 5) is 14.3. The van der Waals surface area contributed by atoms with E-state index in [1.54, 1.807) is 4.90 Å². The Hall–Kier alpha value is -2.07. The summed E-state index contributed by atoms with van der Waals surface area (Å²) in [5, 5.41) is 1.14. The predicted octanol–water partition coefficient (Wildman–Crippen LogP) is 4.13. The Morgan fingerprint density at radius 1 is 1.09 bits per heavy atom. The van der Waals surface area contributed by atoms with Crippen LogP contribution in [0, 0.1) is 0 Å². The van der Waals surface area contributed by atoms with Crippen LogP contribution in [0.5, 0.6) is 0 Å². The third kappa shape index (κ3) is 1.77. The standard InChI is InChI=1S/C18H15BrN2O/c1-20-15-6-4-3-5-12(15)18-14(10-17(20)22)13-9-11(19)7-8-16(13)21(18)2/h3-9H,10H2,1-2H3. The number of carbonyl (C=O) groups excluding carboxylic acids is 1. The quantitative estimate of drug-likeness (QED) is 0.595. The maximum absolute atomic E-state index is 12.6. The maximum atomic E-state index is 12.6. The van der Waals surface area contributed by atoms with Gasteiger partial charge >= 0.3 is 0 Å². The second kappa shape index (κ2) is 4.71. The zero-order chi connectivity index (χ0) is 15.4. The number of aryl methyl sites for hydroxylation is 1. The van der Waals surface area contributed by atoms with E-state index in [2.05, 4.69) is 45.7 Å². The lowest BCUT2D eigenvalue weighted by Gasteiger charge is -2.18. The number of carbonyl (C=O) groups is 1. The topological polar surface area (TPSA) is 25.2 Å². The van der Waals surface area contributed by atoms with Crippen molar-refractivity contribution in [3.05, 3.63) is 52.5 Å². The molecule has 0 spiro atoms. The summed E-state index contributed by atoms with van der Waals surface area (Å²) in [6.07, 6.45) is 0.425. The maximum Gasteiger partial charge on any atom is 0.231 e. The predicted molar refractivity (Wildman–Crippen MR) is 93.2 cm³/mol. The highest BCUT2D eigenvalue weighted by atomic mass is 79.9. The fourth-order valence-electron chi connectivity index (χ4n) is 3.39. The molecule has 1 aliphatic rings. The van der Waals surface area contributed by atoms with Gasteiger partial charge in [-0.3, -0.25) is 4.79 Å². The molecule has 0 N–H and O–H groups in total. The number of hydrogen-bond donors (Lipinski definition) is 0. The number of benzene rings is 2. The average molecular weight is 355 g/mol. The molecule has 0 bridgehead atoms. The highest BCUT2D eigenvalue weighted by Gasteiger charge is 2.27. The first-order chi connectivity index (χ1) is 10.6.